The molecular formula is C20H32O3. The van der Waals surface area contributed by atoms with E-state index in [0.717, 1.165) is 30.9 Å². The van der Waals surface area contributed by atoms with Crippen molar-refractivity contribution < 1.29 is 14.3 Å². The van der Waals surface area contributed by atoms with Crippen LogP contribution in [0.25, 0.3) is 0 Å². The van der Waals surface area contributed by atoms with Crippen molar-refractivity contribution in [3.8, 4) is 0 Å². The molecule has 0 N–H and O–H groups in total. The summed E-state index contributed by atoms with van der Waals surface area (Å²) in [7, 11) is 0. The fourth-order valence-corrected chi connectivity index (χ4v) is 2.41. The van der Waals surface area contributed by atoms with Crippen LogP contribution in [-0.2, 0) is 15.9 Å². The van der Waals surface area contributed by atoms with Crippen LogP contribution >= 0.6 is 0 Å². The Morgan fingerprint density at radius 3 is 2.57 bits per heavy atom. The number of ether oxygens (including phenoxy) is 2. The van der Waals surface area contributed by atoms with Crippen LogP contribution in [0.3, 0.4) is 0 Å². The monoisotopic (exact) mass is 320 g/mol. The van der Waals surface area contributed by atoms with Crippen molar-refractivity contribution in [1.82, 2.24) is 0 Å². The maximum Gasteiger partial charge on any atom is 0.338 e. The number of hydrogen-bond acceptors (Lipinski definition) is 3. The molecule has 0 aliphatic rings. The lowest BCUT2D eigenvalue weighted by Crippen LogP contribution is -2.11. The number of esters is 1. The van der Waals surface area contributed by atoms with E-state index in [1.807, 2.05) is 18.2 Å². The average Bonchev–Trinajstić information content (AvgIpc) is 2.56. The predicted octanol–water partition coefficient (Wildman–Crippen LogP) is 5.03. The van der Waals surface area contributed by atoms with Crippen molar-refractivity contribution in [2.75, 3.05) is 19.8 Å². The van der Waals surface area contributed by atoms with Gasteiger partial charge in [-0.2, -0.15) is 0 Å². The van der Waals surface area contributed by atoms with Gasteiger partial charge in [0.1, 0.15) is 6.61 Å². The highest BCUT2D eigenvalue weighted by Gasteiger charge is 2.07. The summed E-state index contributed by atoms with van der Waals surface area (Å²) in [5, 5.41) is 0. The van der Waals surface area contributed by atoms with Gasteiger partial charge in [-0.15, -0.1) is 0 Å². The third-order valence-electron chi connectivity index (χ3n) is 3.85. The van der Waals surface area contributed by atoms with Gasteiger partial charge in [0, 0.05) is 6.61 Å². The molecule has 0 aliphatic heterocycles. The molecule has 0 aliphatic carbocycles. The first-order chi connectivity index (χ1) is 11.1. The summed E-state index contributed by atoms with van der Waals surface area (Å²) in [5.41, 5.74) is 1.77. The van der Waals surface area contributed by atoms with Gasteiger partial charge in [-0.1, -0.05) is 58.6 Å². The highest BCUT2D eigenvalue weighted by Crippen LogP contribution is 2.09. The molecular weight excluding hydrogens is 288 g/mol. The highest BCUT2D eigenvalue weighted by molar-refractivity contribution is 5.89. The van der Waals surface area contributed by atoms with Gasteiger partial charge in [-0.25, -0.2) is 4.79 Å². The van der Waals surface area contributed by atoms with E-state index in [1.54, 1.807) is 6.07 Å². The van der Waals surface area contributed by atoms with Crippen LogP contribution in [-0.4, -0.2) is 25.8 Å². The first-order valence-electron chi connectivity index (χ1n) is 8.97. The Kier molecular flexibility index (Phi) is 10.4. The van der Waals surface area contributed by atoms with E-state index in [0.29, 0.717) is 18.8 Å². The van der Waals surface area contributed by atoms with Crippen molar-refractivity contribution >= 4 is 5.97 Å². The third kappa shape index (κ3) is 9.39. The normalized spacial score (nSPS) is 11.0. The summed E-state index contributed by atoms with van der Waals surface area (Å²) < 4.78 is 10.8. The molecule has 3 heteroatoms. The van der Waals surface area contributed by atoms with Crippen molar-refractivity contribution in [3.05, 3.63) is 35.4 Å². The molecule has 0 bridgehead atoms. The minimum Gasteiger partial charge on any atom is -0.460 e. The van der Waals surface area contributed by atoms with Crippen LogP contribution in [0.1, 0.15) is 68.8 Å². The van der Waals surface area contributed by atoms with Crippen LogP contribution in [0.5, 0.6) is 0 Å². The van der Waals surface area contributed by atoms with Gasteiger partial charge in [-0.05, 0) is 36.5 Å². The number of carbonyl (C=O) groups is 1. The Bertz CT molecular complexity index is 440. The van der Waals surface area contributed by atoms with Crippen LogP contribution in [0.4, 0.5) is 0 Å². The zero-order valence-electron chi connectivity index (χ0n) is 15.0. The van der Waals surface area contributed by atoms with Crippen molar-refractivity contribution in [2.24, 2.45) is 5.92 Å². The molecule has 1 aromatic carbocycles. The van der Waals surface area contributed by atoms with Crippen LogP contribution in [0, 0.1) is 5.92 Å². The molecule has 0 saturated carbocycles. The van der Waals surface area contributed by atoms with Crippen LogP contribution < -0.4 is 0 Å². The minimum atomic E-state index is -0.266. The molecule has 0 aromatic heterocycles. The van der Waals surface area contributed by atoms with Crippen LogP contribution in [0.15, 0.2) is 24.3 Å². The van der Waals surface area contributed by atoms with Crippen LogP contribution in [0.2, 0.25) is 0 Å². The van der Waals surface area contributed by atoms with Crippen molar-refractivity contribution in [2.45, 2.75) is 59.3 Å². The van der Waals surface area contributed by atoms with Crippen molar-refractivity contribution in [3.63, 3.8) is 0 Å². The lowest BCUT2D eigenvalue weighted by Gasteiger charge is -2.07. The predicted molar refractivity (Wildman–Crippen MR) is 94.8 cm³/mol. The number of benzene rings is 1. The summed E-state index contributed by atoms with van der Waals surface area (Å²) in [5.74, 6) is 0.538. The summed E-state index contributed by atoms with van der Waals surface area (Å²) in [6, 6.07) is 7.59. The Morgan fingerprint density at radius 2 is 1.83 bits per heavy atom. The minimum absolute atomic E-state index is 0.266. The summed E-state index contributed by atoms with van der Waals surface area (Å²) in [4.78, 5) is 11.9. The fraction of sp³-hybridized carbons (Fsp3) is 0.650. The quantitative estimate of drug-likeness (QED) is 0.400. The average molecular weight is 320 g/mol. The number of hydrogen-bond donors (Lipinski definition) is 0. The molecule has 0 radical (unpaired) electrons. The lowest BCUT2D eigenvalue weighted by molar-refractivity contribution is 0.0312. The first kappa shape index (κ1) is 19.7. The molecule has 23 heavy (non-hydrogen) atoms. The van der Waals surface area contributed by atoms with Gasteiger partial charge in [0.25, 0.3) is 0 Å². The summed E-state index contributed by atoms with van der Waals surface area (Å²) in [6.45, 7) is 8.16. The standard InChI is InChI=1S/C20H32O3/c1-4-18-11-9-12-19(16-18)20(21)23-15-14-22-13-8-6-5-7-10-17(2)3/h9,11-12,16-17H,4-8,10,13-15H2,1-3H3. The molecule has 0 heterocycles. The SMILES string of the molecule is CCc1cccc(C(=O)OCCOCCCCCCC(C)C)c1. The summed E-state index contributed by atoms with van der Waals surface area (Å²) in [6.07, 6.45) is 7.13. The second-order valence-corrected chi connectivity index (χ2v) is 6.40. The van der Waals surface area contributed by atoms with Crippen molar-refractivity contribution in [1.29, 1.82) is 0 Å². The summed E-state index contributed by atoms with van der Waals surface area (Å²) >= 11 is 0. The Labute approximate surface area is 141 Å². The third-order valence-corrected chi connectivity index (χ3v) is 3.85. The fourth-order valence-electron chi connectivity index (χ4n) is 2.41. The maximum atomic E-state index is 11.9. The van der Waals surface area contributed by atoms with E-state index < -0.39 is 0 Å². The van der Waals surface area contributed by atoms with Gasteiger partial charge in [0.2, 0.25) is 0 Å². The van der Waals surface area contributed by atoms with Gasteiger partial charge in [-0.3, -0.25) is 0 Å². The molecule has 0 amide bonds. The number of rotatable bonds is 12. The van der Waals surface area contributed by atoms with Gasteiger partial charge >= 0.3 is 5.97 Å². The van der Waals surface area contributed by atoms with E-state index in [-0.39, 0.29) is 5.97 Å². The molecule has 0 spiro atoms. The number of unbranched alkanes of at least 4 members (excludes halogenated alkanes) is 3. The largest absolute Gasteiger partial charge is 0.460 e. The Morgan fingerprint density at radius 1 is 1.04 bits per heavy atom. The lowest BCUT2D eigenvalue weighted by atomic mass is 10.0. The van der Waals surface area contributed by atoms with Gasteiger partial charge in [0.05, 0.1) is 12.2 Å². The van der Waals surface area contributed by atoms with Gasteiger partial charge < -0.3 is 9.47 Å². The van der Waals surface area contributed by atoms with E-state index >= 15 is 0 Å². The second kappa shape index (κ2) is 12.1. The number of aryl methyl sites for hydroxylation is 1. The first-order valence-corrected chi connectivity index (χ1v) is 8.97. The smallest absolute Gasteiger partial charge is 0.338 e. The molecule has 130 valence electrons. The molecule has 0 fully saturated rings. The topological polar surface area (TPSA) is 35.5 Å². The van der Waals surface area contributed by atoms with E-state index in [1.165, 1.54) is 25.7 Å². The number of carbonyl (C=O) groups excluding carboxylic acids is 1. The molecule has 1 rings (SSSR count). The van der Waals surface area contributed by atoms with E-state index in [9.17, 15) is 4.79 Å². The Balaban J connectivity index is 2.01. The molecule has 0 unspecified atom stereocenters. The van der Waals surface area contributed by atoms with E-state index in [2.05, 4.69) is 20.8 Å². The zero-order valence-corrected chi connectivity index (χ0v) is 15.0. The molecule has 3 nitrogen and oxygen atoms in total. The second-order valence-electron chi connectivity index (χ2n) is 6.40. The molecule has 1 aromatic rings. The molecule has 0 saturated heterocycles. The maximum absolute atomic E-state index is 11.9. The van der Waals surface area contributed by atoms with Gasteiger partial charge in [0.15, 0.2) is 0 Å². The highest BCUT2D eigenvalue weighted by atomic mass is 16.6. The van der Waals surface area contributed by atoms with E-state index in [4.69, 9.17) is 9.47 Å². The zero-order chi connectivity index (χ0) is 16.9. The Hall–Kier alpha value is -1.35. The molecule has 0 atom stereocenters.